The molecule has 0 aromatic heterocycles. The molecule has 29 heavy (non-hydrogen) atoms. The molecule has 5 heteroatoms. The van der Waals surface area contributed by atoms with E-state index in [1.165, 1.54) is 17.0 Å². The highest BCUT2D eigenvalue weighted by molar-refractivity contribution is 5.79. The molecule has 4 rings (SSSR count). The summed E-state index contributed by atoms with van der Waals surface area (Å²) in [5.74, 6) is -0.455. The zero-order chi connectivity index (χ0) is 20.4. The van der Waals surface area contributed by atoms with E-state index in [0.29, 0.717) is 5.56 Å². The first kappa shape index (κ1) is 19.2. The van der Waals surface area contributed by atoms with Crippen molar-refractivity contribution in [1.82, 2.24) is 4.90 Å². The summed E-state index contributed by atoms with van der Waals surface area (Å²) in [4.78, 5) is 14.0. The van der Waals surface area contributed by atoms with Gasteiger partial charge in [0, 0.05) is 13.0 Å². The van der Waals surface area contributed by atoms with Crippen LogP contribution in [0.5, 0.6) is 0 Å². The lowest BCUT2D eigenvalue weighted by Crippen LogP contribution is -2.34. The van der Waals surface area contributed by atoms with Crippen LogP contribution in [-0.2, 0) is 4.74 Å². The zero-order valence-electron chi connectivity index (χ0n) is 16.1. The molecule has 0 heterocycles. The highest BCUT2D eigenvalue weighted by atomic mass is 19.1. The average molecular weight is 391 g/mol. The van der Waals surface area contributed by atoms with Crippen molar-refractivity contribution < 1.29 is 19.0 Å². The van der Waals surface area contributed by atoms with Crippen molar-refractivity contribution in [3.8, 4) is 11.1 Å². The average Bonchev–Trinajstić information content (AvgIpc) is 3.06. The second kappa shape index (κ2) is 8.05. The van der Waals surface area contributed by atoms with Gasteiger partial charge in [-0.15, -0.1) is 0 Å². The molecule has 1 aliphatic carbocycles. The number of hydrogen-bond acceptors (Lipinski definition) is 3. The standard InChI is InChI=1S/C24H22FNO3/c1-26(23(14-27)16-7-6-8-17(25)13-16)24(28)29-15-22-20-11-4-2-9-18(20)19-10-3-5-12-21(19)22/h2-13,22-23,27H,14-15H2,1H3. The number of carbonyl (C=O) groups excluding carboxylic acids is 1. The number of carbonyl (C=O) groups is 1. The molecule has 1 N–H and O–H groups in total. The Bertz CT molecular complexity index is 990. The lowest BCUT2D eigenvalue weighted by atomic mass is 9.98. The van der Waals surface area contributed by atoms with Crippen LogP contribution in [-0.4, -0.2) is 36.4 Å². The van der Waals surface area contributed by atoms with Gasteiger partial charge in [0.25, 0.3) is 0 Å². The fourth-order valence-corrected chi connectivity index (χ4v) is 3.99. The molecule has 0 saturated carbocycles. The van der Waals surface area contributed by atoms with E-state index in [9.17, 15) is 14.3 Å². The Labute approximate surface area is 169 Å². The molecule has 0 spiro atoms. The van der Waals surface area contributed by atoms with Gasteiger partial charge < -0.3 is 14.7 Å². The molecule has 0 saturated heterocycles. The van der Waals surface area contributed by atoms with Gasteiger partial charge in [-0.3, -0.25) is 0 Å². The van der Waals surface area contributed by atoms with Gasteiger partial charge in [0.15, 0.2) is 0 Å². The first-order valence-corrected chi connectivity index (χ1v) is 9.54. The molecule has 1 aliphatic rings. The first-order valence-electron chi connectivity index (χ1n) is 9.54. The highest BCUT2D eigenvalue weighted by Crippen LogP contribution is 2.44. The van der Waals surface area contributed by atoms with Gasteiger partial charge in [-0.25, -0.2) is 9.18 Å². The lowest BCUT2D eigenvalue weighted by Gasteiger charge is -2.27. The van der Waals surface area contributed by atoms with E-state index >= 15 is 0 Å². The van der Waals surface area contributed by atoms with Crippen LogP contribution >= 0.6 is 0 Å². The fraction of sp³-hybridized carbons (Fsp3) is 0.208. The van der Waals surface area contributed by atoms with Crippen LogP contribution in [0.1, 0.15) is 28.7 Å². The molecule has 0 aliphatic heterocycles. The molecule has 3 aromatic carbocycles. The van der Waals surface area contributed by atoms with Crippen LogP contribution in [0.25, 0.3) is 11.1 Å². The van der Waals surface area contributed by atoms with E-state index in [2.05, 4.69) is 24.3 Å². The van der Waals surface area contributed by atoms with E-state index in [1.54, 1.807) is 19.2 Å². The Morgan fingerprint density at radius 2 is 1.66 bits per heavy atom. The summed E-state index contributed by atoms with van der Waals surface area (Å²) < 4.78 is 19.2. The second-order valence-corrected chi connectivity index (χ2v) is 7.17. The summed E-state index contributed by atoms with van der Waals surface area (Å²) in [6.45, 7) is -0.136. The lowest BCUT2D eigenvalue weighted by molar-refractivity contribution is 0.0788. The Morgan fingerprint density at radius 3 is 2.24 bits per heavy atom. The van der Waals surface area contributed by atoms with Crippen molar-refractivity contribution in [3.63, 3.8) is 0 Å². The molecule has 1 atom stereocenters. The Hall–Kier alpha value is -3.18. The smallest absolute Gasteiger partial charge is 0.410 e. The summed E-state index contributed by atoms with van der Waals surface area (Å²) >= 11 is 0. The fourth-order valence-electron chi connectivity index (χ4n) is 3.99. The quantitative estimate of drug-likeness (QED) is 0.683. The summed E-state index contributed by atoms with van der Waals surface area (Å²) in [5, 5.41) is 9.76. The Morgan fingerprint density at radius 1 is 1.03 bits per heavy atom. The third-order valence-electron chi connectivity index (χ3n) is 5.50. The summed E-state index contributed by atoms with van der Waals surface area (Å²) in [5.41, 5.74) is 5.10. The van der Waals surface area contributed by atoms with Crippen LogP contribution in [0, 0.1) is 5.82 Å². The van der Waals surface area contributed by atoms with E-state index < -0.39 is 18.0 Å². The molecule has 0 radical (unpaired) electrons. The largest absolute Gasteiger partial charge is 0.448 e. The highest BCUT2D eigenvalue weighted by Gasteiger charge is 2.30. The number of amides is 1. The topological polar surface area (TPSA) is 49.8 Å². The van der Waals surface area contributed by atoms with Crippen molar-refractivity contribution in [1.29, 1.82) is 0 Å². The minimum absolute atomic E-state index is 0.0403. The molecule has 4 nitrogen and oxygen atoms in total. The number of hydrogen-bond donors (Lipinski definition) is 1. The van der Waals surface area contributed by atoms with Crippen LogP contribution in [0.3, 0.4) is 0 Å². The van der Waals surface area contributed by atoms with E-state index in [1.807, 2.05) is 24.3 Å². The van der Waals surface area contributed by atoms with Gasteiger partial charge >= 0.3 is 6.09 Å². The monoisotopic (exact) mass is 391 g/mol. The van der Waals surface area contributed by atoms with Crippen LogP contribution < -0.4 is 0 Å². The van der Waals surface area contributed by atoms with Gasteiger partial charge in [-0.2, -0.15) is 0 Å². The van der Waals surface area contributed by atoms with E-state index in [-0.39, 0.29) is 19.1 Å². The second-order valence-electron chi connectivity index (χ2n) is 7.17. The van der Waals surface area contributed by atoms with E-state index in [0.717, 1.165) is 22.3 Å². The first-order chi connectivity index (χ1) is 14.1. The third kappa shape index (κ3) is 3.61. The van der Waals surface area contributed by atoms with Gasteiger partial charge in [-0.05, 0) is 39.9 Å². The maximum absolute atomic E-state index is 13.5. The number of rotatable bonds is 5. The van der Waals surface area contributed by atoms with Crippen molar-refractivity contribution >= 4 is 6.09 Å². The summed E-state index contributed by atoms with van der Waals surface area (Å²) in [6, 6.07) is 21.4. The number of fused-ring (bicyclic) bond motifs is 3. The number of ether oxygens (including phenoxy) is 1. The number of aliphatic hydroxyl groups excluding tert-OH is 1. The number of halogens is 1. The van der Waals surface area contributed by atoms with Gasteiger partial charge in [0.1, 0.15) is 12.4 Å². The summed E-state index contributed by atoms with van der Waals surface area (Å²) in [7, 11) is 1.55. The maximum atomic E-state index is 13.5. The van der Waals surface area contributed by atoms with E-state index in [4.69, 9.17) is 4.74 Å². The van der Waals surface area contributed by atoms with Gasteiger partial charge in [0.05, 0.1) is 12.6 Å². The number of nitrogens with zero attached hydrogens (tertiary/aromatic N) is 1. The molecule has 148 valence electrons. The maximum Gasteiger partial charge on any atom is 0.410 e. The Kier molecular flexibility index (Phi) is 5.32. The molecular weight excluding hydrogens is 369 g/mol. The third-order valence-corrected chi connectivity index (χ3v) is 5.50. The van der Waals surface area contributed by atoms with Gasteiger partial charge in [-0.1, -0.05) is 60.7 Å². The normalized spacial score (nSPS) is 13.5. The molecule has 1 amide bonds. The number of likely N-dealkylation sites (N-methyl/N-ethyl adjacent to an activating group) is 1. The molecule has 1 unspecified atom stereocenters. The van der Waals surface area contributed by atoms with Crippen molar-refractivity contribution in [3.05, 3.63) is 95.3 Å². The van der Waals surface area contributed by atoms with Crippen molar-refractivity contribution in [2.24, 2.45) is 0 Å². The number of benzene rings is 3. The van der Waals surface area contributed by atoms with Crippen molar-refractivity contribution in [2.45, 2.75) is 12.0 Å². The predicted molar refractivity (Wildman–Crippen MR) is 109 cm³/mol. The Balaban J connectivity index is 1.51. The van der Waals surface area contributed by atoms with Crippen LogP contribution in [0.4, 0.5) is 9.18 Å². The zero-order valence-corrected chi connectivity index (χ0v) is 16.1. The molecule has 0 fully saturated rings. The minimum atomic E-state index is -0.679. The van der Waals surface area contributed by atoms with Crippen molar-refractivity contribution in [2.75, 3.05) is 20.3 Å². The minimum Gasteiger partial charge on any atom is -0.448 e. The molecule has 0 bridgehead atoms. The van der Waals surface area contributed by atoms with Crippen LogP contribution in [0.2, 0.25) is 0 Å². The molecular formula is C24H22FNO3. The van der Waals surface area contributed by atoms with Gasteiger partial charge in [0.2, 0.25) is 0 Å². The number of aliphatic hydroxyl groups is 1. The molecule has 3 aromatic rings. The SMILES string of the molecule is CN(C(=O)OCC1c2ccccc2-c2ccccc21)C(CO)c1cccc(F)c1. The predicted octanol–water partition coefficient (Wildman–Crippen LogP) is 4.74. The van der Waals surface area contributed by atoms with Crippen LogP contribution in [0.15, 0.2) is 72.8 Å². The summed E-state index contributed by atoms with van der Waals surface area (Å²) in [6.07, 6.45) is -0.560.